The number of nitrogens with zero attached hydrogens (tertiary/aromatic N) is 4. The lowest BCUT2D eigenvalue weighted by atomic mass is 10.0. The van der Waals surface area contributed by atoms with Crippen molar-refractivity contribution in [1.29, 1.82) is 0 Å². The number of sulfonamides is 1. The van der Waals surface area contributed by atoms with Gasteiger partial charge in [0.2, 0.25) is 10.0 Å². The first-order valence-electron chi connectivity index (χ1n) is 10.8. The van der Waals surface area contributed by atoms with E-state index in [9.17, 15) is 13.2 Å². The number of likely N-dealkylation sites (tertiary alicyclic amines) is 1. The Kier molecular flexibility index (Phi) is 5.72. The first-order valence-corrected chi connectivity index (χ1v) is 12.2. The van der Waals surface area contributed by atoms with E-state index in [1.165, 1.54) is 4.31 Å². The van der Waals surface area contributed by atoms with E-state index in [-0.39, 0.29) is 23.4 Å². The number of carbonyl (C=O) groups is 1. The molecule has 0 bridgehead atoms. The van der Waals surface area contributed by atoms with Gasteiger partial charge in [-0.15, -0.1) is 0 Å². The van der Waals surface area contributed by atoms with E-state index in [1.54, 1.807) is 29.1 Å². The van der Waals surface area contributed by atoms with E-state index in [1.807, 2.05) is 11.0 Å². The van der Waals surface area contributed by atoms with Crippen molar-refractivity contribution in [3.05, 3.63) is 42.0 Å². The summed E-state index contributed by atoms with van der Waals surface area (Å²) < 4.78 is 30.2. The summed E-state index contributed by atoms with van der Waals surface area (Å²) in [6, 6.07) is 7.14. The zero-order valence-corrected chi connectivity index (χ0v) is 18.7. The Labute approximate surface area is 178 Å². The van der Waals surface area contributed by atoms with Crippen molar-refractivity contribution in [3.63, 3.8) is 0 Å². The molecule has 162 valence electrons. The van der Waals surface area contributed by atoms with Gasteiger partial charge in [0, 0.05) is 19.1 Å². The Hall–Kier alpha value is -2.19. The number of piperidine rings is 1. The third-order valence-electron chi connectivity index (χ3n) is 6.16. The number of rotatable bonds is 4. The minimum absolute atomic E-state index is 0.100. The van der Waals surface area contributed by atoms with Crippen LogP contribution in [0.2, 0.25) is 0 Å². The monoisotopic (exact) mass is 430 g/mol. The van der Waals surface area contributed by atoms with Gasteiger partial charge in [0.1, 0.15) is 11.2 Å². The van der Waals surface area contributed by atoms with Crippen LogP contribution in [0.4, 0.5) is 0 Å². The van der Waals surface area contributed by atoms with Gasteiger partial charge in [-0.1, -0.05) is 26.0 Å². The molecule has 4 rings (SSSR count). The van der Waals surface area contributed by atoms with Crippen molar-refractivity contribution < 1.29 is 13.2 Å². The van der Waals surface area contributed by atoms with Gasteiger partial charge < -0.3 is 4.90 Å². The Morgan fingerprint density at radius 3 is 2.73 bits per heavy atom. The van der Waals surface area contributed by atoms with Gasteiger partial charge in [-0.25, -0.2) is 13.4 Å². The second-order valence-electron chi connectivity index (χ2n) is 8.74. The fourth-order valence-corrected chi connectivity index (χ4v) is 5.91. The summed E-state index contributed by atoms with van der Waals surface area (Å²) in [7, 11) is -3.67. The van der Waals surface area contributed by atoms with Crippen LogP contribution in [0.1, 0.15) is 62.6 Å². The molecule has 7 nitrogen and oxygen atoms in total. The van der Waals surface area contributed by atoms with Crippen LogP contribution in [0.15, 0.2) is 35.5 Å². The maximum atomic E-state index is 13.4. The van der Waals surface area contributed by atoms with E-state index >= 15 is 0 Å². The number of amides is 1. The number of imidazole rings is 1. The summed E-state index contributed by atoms with van der Waals surface area (Å²) in [5, 5.41) is 0. The summed E-state index contributed by atoms with van der Waals surface area (Å²) in [6.07, 6.45) is 5.45. The molecule has 1 amide bonds. The highest BCUT2D eigenvalue weighted by molar-refractivity contribution is 7.89. The molecular weight excluding hydrogens is 400 g/mol. The molecule has 1 fully saturated rings. The van der Waals surface area contributed by atoms with Gasteiger partial charge in [0.05, 0.1) is 17.9 Å². The Balaban J connectivity index is 1.80. The Bertz CT molecular complexity index is 1040. The number of hydrogen-bond acceptors (Lipinski definition) is 4. The number of carbonyl (C=O) groups excluding carboxylic acids is 1. The number of aromatic nitrogens is 2. The minimum atomic E-state index is -3.67. The molecular formula is C22H30N4O3S. The van der Waals surface area contributed by atoms with Gasteiger partial charge in [0.25, 0.3) is 5.91 Å². The zero-order valence-electron chi connectivity index (χ0n) is 17.9. The third-order valence-corrected chi connectivity index (χ3v) is 8.05. The molecule has 0 radical (unpaired) electrons. The van der Waals surface area contributed by atoms with Crippen LogP contribution in [-0.4, -0.2) is 52.2 Å². The molecule has 1 aromatic heterocycles. The number of benzene rings is 1. The lowest BCUT2D eigenvalue weighted by Crippen LogP contribution is -2.42. The number of para-hydroxylation sites is 1. The molecule has 2 aromatic rings. The quantitative estimate of drug-likeness (QED) is 0.745. The normalized spacial score (nSPS) is 21.2. The lowest BCUT2D eigenvalue weighted by molar-refractivity contribution is 0.0628. The highest BCUT2D eigenvalue weighted by Gasteiger charge is 2.36. The van der Waals surface area contributed by atoms with Crippen LogP contribution >= 0.6 is 0 Å². The van der Waals surface area contributed by atoms with E-state index in [4.69, 9.17) is 0 Å². The maximum Gasteiger partial charge on any atom is 0.274 e. The fourth-order valence-electron chi connectivity index (χ4n) is 4.31. The van der Waals surface area contributed by atoms with Crippen LogP contribution in [0.3, 0.4) is 0 Å². The Morgan fingerprint density at radius 1 is 1.23 bits per heavy atom. The molecule has 0 aliphatic carbocycles. The first-order chi connectivity index (χ1) is 14.3. The van der Waals surface area contributed by atoms with E-state index in [0.29, 0.717) is 29.5 Å². The van der Waals surface area contributed by atoms with Gasteiger partial charge in [-0.2, -0.15) is 4.31 Å². The van der Waals surface area contributed by atoms with Gasteiger partial charge >= 0.3 is 0 Å². The average Bonchev–Trinajstić information content (AvgIpc) is 3.10. The van der Waals surface area contributed by atoms with Crippen molar-refractivity contribution in [2.45, 2.75) is 63.9 Å². The molecule has 0 spiro atoms. The summed E-state index contributed by atoms with van der Waals surface area (Å²) in [5.41, 5.74) is 1.57. The smallest absolute Gasteiger partial charge is 0.274 e. The molecule has 30 heavy (non-hydrogen) atoms. The molecule has 8 heteroatoms. The lowest BCUT2D eigenvalue weighted by Gasteiger charge is -2.33. The summed E-state index contributed by atoms with van der Waals surface area (Å²) >= 11 is 0. The largest absolute Gasteiger partial charge is 0.335 e. The molecule has 3 heterocycles. The minimum Gasteiger partial charge on any atom is -0.335 e. The molecule has 1 aromatic carbocycles. The predicted molar refractivity (Wildman–Crippen MR) is 115 cm³/mol. The molecule has 0 saturated carbocycles. The second-order valence-corrected chi connectivity index (χ2v) is 10.6. The van der Waals surface area contributed by atoms with Crippen LogP contribution in [0, 0.1) is 5.92 Å². The maximum absolute atomic E-state index is 13.4. The third kappa shape index (κ3) is 3.67. The van der Waals surface area contributed by atoms with E-state index in [0.717, 1.165) is 32.2 Å². The van der Waals surface area contributed by atoms with E-state index in [2.05, 4.69) is 25.8 Å². The molecule has 2 aliphatic heterocycles. The summed E-state index contributed by atoms with van der Waals surface area (Å²) in [5.74, 6) is 0.274. The SMILES string of the molecule is CC(C)CCN1Cc2c(C(=O)N3CCCC[C@H]3C)ncn2-c2ccccc2S1(=O)=O. The van der Waals surface area contributed by atoms with Crippen LogP contribution in [0.5, 0.6) is 0 Å². The van der Waals surface area contributed by atoms with Crippen LogP contribution in [0.25, 0.3) is 5.69 Å². The summed E-state index contributed by atoms with van der Waals surface area (Å²) in [6.45, 7) is 7.50. The zero-order chi connectivity index (χ0) is 21.5. The van der Waals surface area contributed by atoms with Crippen molar-refractivity contribution >= 4 is 15.9 Å². The molecule has 0 N–H and O–H groups in total. The highest BCUT2D eigenvalue weighted by Crippen LogP contribution is 2.32. The van der Waals surface area contributed by atoms with Crippen molar-refractivity contribution in [2.75, 3.05) is 13.1 Å². The molecule has 1 atom stereocenters. The summed E-state index contributed by atoms with van der Waals surface area (Å²) in [4.78, 5) is 20.0. The van der Waals surface area contributed by atoms with Gasteiger partial charge in [-0.3, -0.25) is 9.36 Å². The van der Waals surface area contributed by atoms with Crippen molar-refractivity contribution in [1.82, 2.24) is 18.8 Å². The number of fused-ring (bicyclic) bond motifs is 3. The second kappa shape index (κ2) is 8.15. The van der Waals surface area contributed by atoms with Crippen molar-refractivity contribution in [2.24, 2.45) is 5.92 Å². The predicted octanol–water partition coefficient (Wildman–Crippen LogP) is 3.44. The topological polar surface area (TPSA) is 75.5 Å². The highest BCUT2D eigenvalue weighted by atomic mass is 32.2. The molecule has 1 saturated heterocycles. The van der Waals surface area contributed by atoms with Gasteiger partial charge in [-0.05, 0) is 50.7 Å². The fraction of sp³-hybridized carbons (Fsp3) is 0.545. The average molecular weight is 431 g/mol. The molecule has 2 aliphatic rings. The van der Waals surface area contributed by atoms with Crippen molar-refractivity contribution in [3.8, 4) is 5.69 Å². The number of hydrogen-bond donors (Lipinski definition) is 0. The van der Waals surface area contributed by atoms with Gasteiger partial charge in [0.15, 0.2) is 5.69 Å². The van der Waals surface area contributed by atoms with Crippen LogP contribution in [-0.2, 0) is 16.6 Å². The standard InChI is InChI=1S/C22H30N4O3S/c1-16(2)11-13-24-14-19-21(22(27)25-12-7-6-8-17(25)3)23-15-26(19)18-9-4-5-10-20(18)30(24,28)29/h4-5,9-10,15-17H,6-8,11-14H2,1-3H3/t17-/m1/s1. The van der Waals surface area contributed by atoms with Crippen LogP contribution < -0.4 is 0 Å². The van der Waals surface area contributed by atoms with E-state index < -0.39 is 10.0 Å². The molecule has 0 unspecified atom stereocenters. The Morgan fingerprint density at radius 2 is 2.00 bits per heavy atom. The first kappa shape index (κ1) is 21.1.